The third-order valence-corrected chi connectivity index (χ3v) is 4.39. The van der Waals surface area contributed by atoms with E-state index in [-0.39, 0.29) is 24.8 Å². The van der Waals surface area contributed by atoms with Crippen molar-refractivity contribution in [2.24, 2.45) is 0 Å². The first kappa shape index (κ1) is 20.1. The molecule has 7 heteroatoms. The molecule has 0 aromatic heterocycles. The van der Waals surface area contributed by atoms with Crippen molar-refractivity contribution in [3.63, 3.8) is 0 Å². The molecule has 0 saturated heterocycles. The van der Waals surface area contributed by atoms with Crippen molar-refractivity contribution >= 4 is 40.7 Å². The molecular weight excluding hydrogens is 375 g/mol. The molecule has 0 aliphatic rings. The number of hydrogen-bond acceptors (Lipinski definition) is 3. The van der Waals surface area contributed by atoms with Crippen LogP contribution in [0.2, 0.25) is 10.0 Å². The first-order valence-corrected chi connectivity index (χ1v) is 8.84. The highest BCUT2D eigenvalue weighted by molar-refractivity contribution is 6.35. The summed E-state index contributed by atoms with van der Waals surface area (Å²) in [5, 5.41) is 3.71. The van der Waals surface area contributed by atoms with Gasteiger partial charge in [-0.25, -0.2) is 0 Å². The summed E-state index contributed by atoms with van der Waals surface area (Å²) in [6.07, 6.45) is 0.111. The van der Waals surface area contributed by atoms with Gasteiger partial charge in [0.25, 0.3) is 0 Å². The second-order valence-electron chi connectivity index (χ2n) is 5.60. The maximum atomic E-state index is 12.5. The molecule has 0 radical (unpaired) electrons. The van der Waals surface area contributed by atoms with Crippen molar-refractivity contribution in [2.75, 3.05) is 25.5 Å². The largest absolute Gasteiger partial charge is 0.497 e. The molecule has 26 heavy (non-hydrogen) atoms. The number of rotatable bonds is 7. The van der Waals surface area contributed by atoms with Crippen molar-refractivity contribution < 1.29 is 14.3 Å². The van der Waals surface area contributed by atoms with Crippen LogP contribution in [0, 0.1) is 0 Å². The molecule has 5 nitrogen and oxygen atoms in total. The number of nitrogens with one attached hydrogen (secondary N) is 1. The fourth-order valence-electron chi connectivity index (χ4n) is 2.36. The normalized spacial score (nSPS) is 10.3. The van der Waals surface area contributed by atoms with E-state index in [0.717, 1.165) is 0 Å². The predicted octanol–water partition coefficient (Wildman–Crippen LogP) is 4.03. The van der Waals surface area contributed by atoms with Crippen molar-refractivity contribution in [3.05, 3.63) is 58.1 Å². The zero-order chi connectivity index (χ0) is 19.1. The molecular formula is C19H20Cl2N2O3. The minimum Gasteiger partial charge on any atom is -0.497 e. The summed E-state index contributed by atoms with van der Waals surface area (Å²) in [5.41, 5.74) is 1.31. The molecule has 2 aromatic rings. The Hall–Kier alpha value is -2.24. The lowest BCUT2D eigenvalue weighted by Crippen LogP contribution is -2.38. The lowest BCUT2D eigenvalue weighted by atomic mass is 10.1. The molecule has 0 unspecified atom stereocenters. The maximum absolute atomic E-state index is 12.5. The molecule has 2 aromatic carbocycles. The van der Waals surface area contributed by atoms with Crippen LogP contribution >= 0.6 is 23.2 Å². The number of nitrogens with zero attached hydrogens (tertiary/aromatic N) is 1. The molecule has 0 bridgehead atoms. The Kier molecular flexibility index (Phi) is 7.30. The van der Waals surface area contributed by atoms with Crippen LogP contribution in [0.5, 0.6) is 5.75 Å². The van der Waals surface area contributed by atoms with E-state index in [9.17, 15) is 9.59 Å². The van der Waals surface area contributed by atoms with Gasteiger partial charge in [0.2, 0.25) is 11.8 Å². The molecule has 0 atom stereocenters. The van der Waals surface area contributed by atoms with Gasteiger partial charge in [0.05, 0.1) is 20.1 Å². The first-order valence-electron chi connectivity index (χ1n) is 8.08. The Morgan fingerprint density at radius 1 is 1.12 bits per heavy atom. The minimum absolute atomic E-state index is 0.0351. The summed E-state index contributed by atoms with van der Waals surface area (Å²) in [6.45, 7) is 2.20. The standard InChI is InChI=1S/C19H20Cl2N2O3/c1-3-23(19(25)10-13-4-5-14(20)11-17(13)21)12-18(24)22-15-6-8-16(26-2)9-7-15/h4-9,11H,3,10,12H2,1-2H3,(H,22,24). The number of halogens is 2. The molecule has 1 N–H and O–H groups in total. The van der Waals surface area contributed by atoms with E-state index < -0.39 is 0 Å². The lowest BCUT2D eigenvalue weighted by Gasteiger charge is -2.21. The van der Waals surface area contributed by atoms with Crippen molar-refractivity contribution in [1.29, 1.82) is 0 Å². The topological polar surface area (TPSA) is 58.6 Å². The Bertz CT molecular complexity index is 779. The average molecular weight is 395 g/mol. The van der Waals surface area contributed by atoms with Crippen LogP contribution in [-0.4, -0.2) is 36.9 Å². The zero-order valence-electron chi connectivity index (χ0n) is 14.6. The van der Waals surface area contributed by atoms with Crippen LogP contribution in [0.25, 0.3) is 0 Å². The van der Waals surface area contributed by atoms with E-state index in [2.05, 4.69) is 5.32 Å². The molecule has 0 aliphatic heterocycles. The summed E-state index contributed by atoms with van der Waals surface area (Å²) in [6, 6.07) is 12.0. The molecule has 138 valence electrons. The van der Waals surface area contributed by atoms with Gasteiger partial charge in [-0.1, -0.05) is 29.3 Å². The monoisotopic (exact) mass is 394 g/mol. The third kappa shape index (κ3) is 5.64. The van der Waals surface area contributed by atoms with Gasteiger partial charge in [-0.3, -0.25) is 9.59 Å². The second kappa shape index (κ2) is 9.46. The molecule has 0 spiro atoms. The lowest BCUT2D eigenvalue weighted by molar-refractivity contribution is -0.133. The number of carbonyl (C=O) groups excluding carboxylic acids is 2. The SMILES string of the molecule is CCN(CC(=O)Nc1ccc(OC)cc1)C(=O)Cc1ccc(Cl)cc1Cl. The van der Waals surface area contributed by atoms with Crippen LogP contribution in [-0.2, 0) is 16.0 Å². The summed E-state index contributed by atoms with van der Waals surface area (Å²) in [5.74, 6) is 0.252. The van der Waals surface area contributed by atoms with Crippen LogP contribution in [0.4, 0.5) is 5.69 Å². The number of benzene rings is 2. The smallest absolute Gasteiger partial charge is 0.243 e. The highest BCUT2D eigenvalue weighted by Crippen LogP contribution is 2.22. The van der Waals surface area contributed by atoms with Crippen LogP contribution in [0.15, 0.2) is 42.5 Å². The van der Waals surface area contributed by atoms with Crippen molar-refractivity contribution in [3.8, 4) is 5.75 Å². The van der Waals surface area contributed by atoms with Gasteiger partial charge >= 0.3 is 0 Å². The second-order valence-corrected chi connectivity index (χ2v) is 6.44. The first-order chi connectivity index (χ1) is 12.4. The van der Waals surface area contributed by atoms with Crippen LogP contribution in [0.1, 0.15) is 12.5 Å². The number of carbonyl (C=O) groups is 2. The summed E-state index contributed by atoms with van der Waals surface area (Å²) in [4.78, 5) is 26.2. The van der Waals surface area contributed by atoms with Gasteiger partial charge in [-0.2, -0.15) is 0 Å². The van der Waals surface area contributed by atoms with E-state index in [4.69, 9.17) is 27.9 Å². The maximum Gasteiger partial charge on any atom is 0.243 e. The molecule has 0 aliphatic carbocycles. The van der Waals surface area contributed by atoms with Crippen molar-refractivity contribution in [2.45, 2.75) is 13.3 Å². The molecule has 2 rings (SSSR count). The number of methoxy groups -OCH3 is 1. The van der Waals surface area contributed by atoms with E-state index in [1.165, 1.54) is 4.90 Å². The van der Waals surface area contributed by atoms with Gasteiger partial charge in [0, 0.05) is 22.3 Å². The van der Waals surface area contributed by atoms with Gasteiger partial charge < -0.3 is 15.0 Å². The summed E-state index contributed by atoms with van der Waals surface area (Å²) in [7, 11) is 1.57. The van der Waals surface area contributed by atoms with Crippen LogP contribution in [0.3, 0.4) is 0 Å². The van der Waals surface area contributed by atoms with E-state index >= 15 is 0 Å². The summed E-state index contributed by atoms with van der Waals surface area (Å²) < 4.78 is 5.08. The zero-order valence-corrected chi connectivity index (χ0v) is 16.1. The molecule has 0 fully saturated rings. The number of amides is 2. The average Bonchev–Trinajstić information content (AvgIpc) is 2.62. The highest BCUT2D eigenvalue weighted by Gasteiger charge is 2.17. The quantitative estimate of drug-likeness (QED) is 0.770. The Morgan fingerprint density at radius 2 is 1.81 bits per heavy atom. The Morgan fingerprint density at radius 3 is 2.38 bits per heavy atom. The third-order valence-electron chi connectivity index (χ3n) is 3.80. The fourth-order valence-corrected chi connectivity index (χ4v) is 2.84. The van der Waals surface area contributed by atoms with Crippen molar-refractivity contribution in [1.82, 2.24) is 4.90 Å². The summed E-state index contributed by atoms with van der Waals surface area (Å²) >= 11 is 12.0. The highest BCUT2D eigenvalue weighted by atomic mass is 35.5. The Labute approximate surface area is 162 Å². The number of hydrogen-bond donors (Lipinski definition) is 1. The molecule has 2 amide bonds. The van der Waals surface area contributed by atoms with Gasteiger partial charge in [0.15, 0.2) is 0 Å². The minimum atomic E-state index is -0.271. The molecule has 0 heterocycles. The van der Waals surface area contributed by atoms with Gasteiger partial charge in [0.1, 0.15) is 5.75 Å². The number of likely N-dealkylation sites (N-methyl/N-ethyl adjacent to an activating group) is 1. The van der Waals surface area contributed by atoms with Crippen LogP contribution < -0.4 is 10.1 Å². The number of ether oxygens (including phenoxy) is 1. The van der Waals surface area contributed by atoms with E-state index in [1.807, 2.05) is 6.92 Å². The van der Waals surface area contributed by atoms with Gasteiger partial charge in [-0.15, -0.1) is 0 Å². The van der Waals surface area contributed by atoms with Gasteiger partial charge in [-0.05, 0) is 48.9 Å². The predicted molar refractivity (Wildman–Crippen MR) is 104 cm³/mol. The fraction of sp³-hybridized carbons (Fsp3) is 0.263. The number of anilines is 1. The van der Waals surface area contributed by atoms with E-state index in [0.29, 0.717) is 33.6 Å². The van der Waals surface area contributed by atoms with E-state index in [1.54, 1.807) is 49.6 Å². The Balaban J connectivity index is 1.96. The molecule has 0 saturated carbocycles.